The van der Waals surface area contributed by atoms with E-state index in [4.69, 9.17) is 9.47 Å². The number of carbonyl (C=O) groups excluding carboxylic acids is 4. The molecule has 0 bridgehead atoms. The molecule has 4 aromatic rings. The molecule has 1 N–H and O–H groups in total. The number of hydrogen-bond acceptors (Lipinski definition) is 6. The lowest BCUT2D eigenvalue weighted by atomic mass is 9.78. The number of ether oxygens (including phenoxy) is 2. The maximum atomic E-state index is 13.2. The highest BCUT2D eigenvalue weighted by Gasteiger charge is 2.38. The second-order valence-electron chi connectivity index (χ2n) is 11.5. The molecule has 0 unspecified atom stereocenters. The van der Waals surface area contributed by atoms with E-state index in [0.717, 1.165) is 11.1 Å². The van der Waals surface area contributed by atoms with Crippen molar-refractivity contribution in [3.8, 4) is 34.8 Å². The van der Waals surface area contributed by atoms with Crippen LogP contribution in [0, 0.1) is 11.8 Å². The highest BCUT2D eigenvalue weighted by Crippen LogP contribution is 2.36. The first-order valence-electron chi connectivity index (χ1n) is 14.6. The molecule has 46 heavy (non-hydrogen) atoms. The molecule has 1 aliphatic carbocycles. The summed E-state index contributed by atoms with van der Waals surface area (Å²) < 4.78 is 12.0. The summed E-state index contributed by atoms with van der Waals surface area (Å²) in [6.07, 6.45) is 5.44. The molecule has 8 nitrogen and oxygen atoms in total. The van der Waals surface area contributed by atoms with Crippen molar-refractivity contribution in [3.05, 3.63) is 142 Å². The normalized spacial score (nSPS) is 15.0. The Bertz CT molecular complexity index is 2090. The predicted molar refractivity (Wildman–Crippen MR) is 170 cm³/mol. The Morgan fingerprint density at radius 1 is 0.652 bits per heavy atom. The third-order valence-corrected chi connectivity index (χ3v) is 8.32. The molecule has 4 aromatic carbocycles. The highest BCUT2D eigenvalue weighted by molar-refractivity contribution is 6.23. The van der Waals surface area contributed by atoms with Crippen molar-refractivity contribution >= 4 is 23.6 Å². The standard InChI is InChI=1S/C38H26N2O6/c1-38(2,23-9-13-26(14-10-23)45-28-17-19-30-32(21-28)35(42)39-34(30)41)24-11-15-27(16-12-24)46-29-18-20-31-33(22-29)37(44)40(36(31)43)25-7-5-3-4-6-8-25/h3,5,7,9-22H,8H2,1-2H3,(H,39,41,42). The number of carbonyl (C=O) groups is 4. The quantitative estimate of drug-likeness (QED) is 0.181. The van der Waals surface area contributed by atoms with Gasteiger partial charge in [-0.1, -0.05) is 56.0 Å². The lowest BCUT2D eigenvalue weighted by molar-refractivity contribution is 0.0700. The summed E-state index contributed by atoms with van der Waals surface area (Å²) in [5.41, 5.74) is 3.59. The first-order chi connectivity index (χ1) is 22.2. The summed E-state index contributed by atoms with van der Waals surface area (Å²) in [6, 6.07) is 25.2. The van der Waals surface area contributed by atoms with Gasteiger partial charge in [0.2, 0.25) is 0 Å². The number of imide groups is 2. The third kappa shape index (κ3) is 5.04. The molecule has 224 valence electrons. The van der Waals surface area contributed by atoms with Gasteiger partial charge in [-0.25, -0.2) is 4.90 Å². The second kappa shape index (κ2) is 11.1. The minimum absolute atomic E-state index is 0.298. The lowest BCUT2D eigenvalue weighted by Crippen LogP contribution is -2.28. The molecule has 0 radical (unpaired) electrons. The molecule has 0 spiro atoms. The fourth-order valence-corrected chi connectivity index (χ4v) is 5.69. The average Bonchev–Trinajstić information content (AvgIpc) is 3.31. The number of benzene rings is 4. The fourth-order valence-electron chi connectivity index (χ4n) is 5.69. The van der Waals surface area contributed by atoms with Crippen molar-refractivity contribution < 1.29 is 28.7 Å². The zero-order valence-corrected chi connectivity index (χ0v) is 24.9. The monoisotopic (exact) mass is 606 g/mol. The molecule has 0 atom stereocenters. The minimum atomic E-state index is -0.429. The molecule has 4 amide bonds. The summed E-state index contributed by atoms with van der Waals surface area (Å²) >= 11 is 0. The SMILES string of the molecule is CC(C)(c1ccc(Oc2ccc3c(c2)C(=O)NC3=O)cc1)c1ccc(Oc2ccc3c(c2)C(=O)N(C2=CC=CC#CC2)C3=O)cc1. The second-order valence-corrected chi connectivity index (χ2v) is 11.5. The van der Waals surface area contributed by atoms with Gasteiger partial charge in [-0.05, 0) is 83.9 Å². The van der Waals surface area contributed by atoms with Gasteiger partial charge in [-0.2, -0.15) is 0 Å². The van der Waals surface area contributed by atoms with Gasteiger partial charge in [-0.15, -0.1) is 0 Å². The molecular weight excluding hydrogens is 580 g/mol. The maximum absolute atomic E-state index is 13.2. The zero-order valence-electron chi connectivity index (χ0n) is 24.9. The molecule has 2 aliphatic heterocycles. The Kier molecular flexibility index (Phi) is 6.87. The molecule has 0 fully saturated rings. The average molecular weight is 607 g/mol. The van der Waals surface area contributed by atoms with Gasteiger partial charge < -0.3 is 9.47 Å². The van der Waals surface area contributed by atoms with Crippen LogP contribution in [0.2, 0.25) is 0 Å². The van der Waals surface area contributed by atoms with Crippen LogP contribution in [0.15, 0.2) is 109 Å². The molecule has 0 saturated carbocycles. The number of fused-ring (bicyclic) bond motifs is 2. The van der Waals surface area contributed by atoms with E-state index in [2.05, 4.69) is 31.0 Å². The van der Waals surface area contributed by atoms with E-state index in [1.54, 1.807) is 54.6 Å². The first kappa shape index (κ1) is 28.6. The van der Waals surface area contributed by atoms with E-state index < -0.39 is 17.7 Å². The van der Waals surface area contributed by atoms with Gasteiger partial charge in [0.1, 0.15) is 23.0 Å². The Labute approximate surface area is 264 Å². The van der Waals surface area contributed by atoms with Crippen LogP contribution in [-0.2, 0) is 5.41 Å². The third-order valence-electron chi connectivity index (χ3n) is 8.32. The first-order valence-corrected chi connectivity index (χ1v) is 14.6. The van der Waals surface area contributed by atoms with Crippen LogP contribution < -0.4 is 14.8 Å². The zero-order chi connectivity index (χ0) is 32.0. The van der Waals surface area contributed by atoms with E-state index in [-0.39, 0.29) is 11.3 Å². The Hall–Kier alpha value is -6.20. The summed E-state index contributed by atoms with van der Waals surface area (Å²) in [5, 5.41) is 2.28. The van der Waals surface area contributed by atoms with E-state index in [1.807, 2.05) is 48.5 Å². The smallest absolute Gasteiger partial charge is 0.266 e. The molecule has 3 aliphatic rings. The summed E-state index contributed by atoms with van der Waals surface area (Å²) in [4.78, 5) is 51.2. The predicted octanol–water partition coefficient (Wildman–Crippen LogP) is 6.92. The minimum Gasteiger partial charge on any atom is -0.457 e. The Morgan fingerprint density at radius 3 is 1.80 bits per heavy atom. The maximum Gasteiger partial charge on any atom is 0.266 e. The summed E-state index contributed by atoms with van der Waals surface area (Å²) in [5.74, 6) is 6.31. The van der Waals surface area contributed by atoms with Crippen LogP contribution in [0.4, 0.5) is 0 Å². The molecule has 0 saturated heterocycles. The highest BCUT2D eigenvalue weighted by atomic mass is 16.5. The Balaban J connectivity index is 1.03. The number of nitrogens with zero attached hydrogens (tertiary/aromatic N) is 1. The van der Waals surface area contributed by atoms with Crippen molar-refractivity contribution in [2.75, 3.05) is 0 Å². The van der Waals surface area contributed by atoms with Crippen molar-refractivity contribution in [2.24, 2.45) is 0 Å². The van der Waals surface area contributed by atoms with E-state index >= 15 is 0 Å². The number of amides is 4. The molecule has 8 heteroatoms. The van der Waals surface area contributed by atoms with Crippen LogP contribution >= 0.6 is 0 Å². The van der Waals surface area contributed by atoms with Gasteiger partial charge in [0, 0.05) is 11.1 Å². The largest absolute Gasteiger partial charge is 0.457 e. The van der Waals surface area contributed by atoms with E-state index in [1.165, 1.54) is 4.90 Å². The van der Waals surface area contributed by atoms with Gasteiger partial charge >= 0.3 is 0 Å². The van der Waals surface area contributed by atoms with Crippen molar-refractivity contribution in [2.45, 2.75) is 25.7 Å². The van der Waals surface area contributed by atoms with Crippen LogP contribution in [0.25, 0.3) is 0 Å². The van der Waals surface area contributed by atoms with Gasteiger partial charge in [0.05, 0.1) is 28.7 Å². The topological polar surface area (TPSA) is 102 Å². The molecule has 2 heterocycles. The van der Waals surface area contributed by atoms with Gasteiger partial charge in [-0.3, -0.25) is 24.5 Å². The van der Waals surface area contributed by atoms with Crippen molar-refractivity contribution in [3.63, 3.8) is 0 Å². The lowest BCUT2D eigenvalue weighted by Gasteiger charge is -2.26. The van der Waals surface area contributed by atoms with Crippen LogP contribution in [-0.4, -0.2) is 28.5 Å². The summed E-state index contributed by atoms with van der Waals surface area (Å²) in [7, 11) is 0. The van der Waals surface area contributed by atoms with Crippen LogP contribution in [0.3, 0.4) is 0 Å². The van der Waals surface area contributed by atoms with Gasteiger partial charge in [0.25, 0.3) is 23.6 Å². The number of rotatable bonds is 7. The molecule has 7 rings (SSSR count). The van der Waals surface area contributed by atoms with E-state index in [0.29, 0.717) is 57.4 Å². The molecular formula is C38H26N2O6. The van der Waals surface area contributed by atoms with Gasteiger partial charge in [0.15, 0.2) is 0 Å². The van der Waals surface area contributed by atoms with Crippen molar-refractivity contribution in [1.82, 2.24) is 10.2 Å². The van der Waals surface area contributed by atoms with Crippen LogP contribution in [0.1, 0.15) is 72.8 Å². The number of nitrogens with one attached hydrogen (secondary N) is 1. The van der Waals surface area contributed by atoms with Crippen molar-refractivity contribution in [1.29, 1.82) is 0 Å². The van der Waals surface area contributed by atoms with Crippen LogP contribution in [0.5, 0.6) is 23.0 Å². The number of allylic oxidation sites excluding steroid dienone is 4. The Morgan fingerprint density at radius 2 is 1.17 bits per heavy atom. The van der Waals surface area contributed by atoms with E-state index in [9.17, 15) is 19.2 Å². The summed E-state index contributed by atoms with van der Waals surface area (Å²) in [6.45, 7) is 4.24. The fraction of sp³-hybridized carbons (Fsp3) is 0.105. The molecule has 0 aromatic heterocycles. The number of hydrogen-bond donors (Lipinski definition) is 1.